The van der Waals surface area contributed by atoms with Gasteiger partial charge in [0.1, 0.15) is 11.5 Å². The van der Waals surface area contributed by atoms with E-state index in [2.05, 4.69) is 252 Å². The lowest BCUT2D eigenvalue weighted by molar-refractivity contribution is 0.487. The molecule has 11 aromatic rings. The number of para-hydroxylation sites is 2. The molecule has 0 aromatic heterocycles. The maximum Gasteiger partial charge on any atom is 0.138 e. The van der Waals surface area contributed by atoms with Crippen LogP contribution in [0.1, 0.15) is 0 Å². The van der Waals surface area contributed by atoms with Crippen LogP contribution in [-0.2, 0) is 0 Å². The van der Waals surface area contributed by atoms with Gasteiger partial charge < -0.3 is 14.5 Å². The Kier molecular flexibility index (Phi) is 8.83. The predicted molar refractivity (Wildman–Crippen MR) is 265 cm³/mol. The Morgan fingerprint density at radius 1 is 0.254 bits per heavy atom. The van der Waals surface area contributed by atoms with Gasteiger partial charge in [-0.25, -0.2) is 0 Å². The second kappa shape index (κ2) is 15.3. The Bertz CT molecular complexity index is 3300. The Morgan fingerprint density at radius 2 is 0.698 bits per heavy atom. The van der Waals surface area contributed by atoms with E-state index >= 15 is 0 Å². The average molecular weight is 805 g/mol. The first-order chi connectivity index (χ1) is 31.2. The van der Waals surface area contributed by atoms with Crippen molar-refractivity contribution in [2.75, 3.05) is 9.80 Å². The molecule has 0 saturated carbocycles. The van der Waals surface area contributed by atoms with Gasteiger partial charge in [-0.2, -0.15) is 0 Å². The molecule has 0 N–H and O–H groups in total. The summed E-state index contributed by atoms with van der Waals surface area (Å²) in [4.78, 5) is 4.65. The molecule has 0 spiro atoms. The number of ether oxygens (including phenoxy) is 1. The minimum absolute atomic E-state index is 0.836. The van der Waals surface area contributed by atoms with Crippen LogP contribution in [0.4, 0.5) is 34.1 Å². The maximum atomic E-state index is 6.95. The molecule has 296 valence electrons. The van der Waals surface area contributed by atoms with Gasteiger partial charge in [0, 0.05) is 45.5 Å². The van der Waals surface area contributed by atoms with E-state index in [9.17, 15) is 0 Å². The van der Waals surface area contributed by atoms with Gasteiger partial charge in [0.05, 0.1) is 5.69 Å². The SMILES string of the molecule is c1ccc(N(c2ccccc2)c2ccc3c(c2)-c2cccc4cc(N(c5ccc(-c6cccc7ccccc67)cc5)c5ccc(-c6cccc7ccccc67)cc5)cc(c24)O3)cc1. The Hall–Kier alpha value is -8.40. The molecule has 0 amide bonds. The van der Waals surface area contributed by atoms with Crippen LogP contribution in [0, 0.1) is 0 Å². The van der Waals surface area contributed by atoms with Crippen molar-refractivity contribution in [2.24, 2.45) is 0 Å². The summed E-state index contributed by atoms with van der Waals surface area (Å²) >= 11 is 0. The molecule has 3 nitrogen and oxygen atoms in total. The molecule has 0 unspecified atom stereocenters. The third-order valence-corrected chi connectivity index (χ3v) is 12.4. The topological polar surface area (TPSA) is 15.7 Å². The molecule has 0 atom stereocenters. The zero-order valence-corrected chi connectivity index (χ0v) is 34.4. The smallest absolute Gasteiger partial charge is 0.138 e. The van der Waals surface area contributed by atoms with Gasteiger partial charge in [0.25, 0.3) is 0 Å². The van der Waals surface area contributed by atoms with Gasteiger partial charge in [-0.3, -0.25) is 0 Å². The number of benzene rings is 11. The third kappa shape index (κ3) is 6.46. The Morgan fingerprint density at radius 3 is 1.27 bits per heavy atom. The summed E-state index contributed by atoms with van der Waals surface area (Å²) < 4.78 is 6.95. The van der Waals surface area contributed by atoms with Crippen LogP contribution in [-0.4, -0.2) is 0 Å². The molecule has 1 aliphatic heterocycles. The van der Waals surface area contributed by atoms with Gasteiger partial charge in [0.2, 0.25) is 0 Å². The fraction of sp³-hybridized carbons (Fsp3) is 0. The number of fused-ring (bicyclic) bond motifs is 4. The van der Waals surface area contributed by atoms with Crippen LogP contribution in [0.3, 0.4) is 0 Å². The molecule has 11 aromatic carbocycles. The number of rotatable bonds is 8. The second-order valence-electron chi connectivity index (χ2n) is 16.1. The van der Waals surface area contributed by atoms with Gasteiger partial charge >= 0.3 is 0 Å². The quantitative estimate of drug-likeness (QED) is 0.152. The summed E-state index contributed by atoms with van der Waals surface area (Å²) in [7, 11) is 0. The van der Waals surface area contributed by atoms with Crippen LogP contribution in [0.2, 0.25) is 0 Å². The second-order valence-corrected chi connectivity index (χ2v) is 16.1. The van der Waals surface area contributed by atoms with E-state index in [0.29, 0.717) is 0 Å². The number of anilines is 6. The van der Waals surface area contributed by atoms with Crippen molar-refractivity contribution in [3.05, 3.63) is 243 Å². The maximum absolute atomic E-state index is 6.95. The fourth-order valence-corrected chi connectivity index (χ4v) is 9.46. The van der Waals surface area contributed by atoms with E-state index in [4.69, 9.17) is 4.74 Å². The normalized spacial score (nSPS) is 11.6. The van der Waals surface area contributed by atoms with Crippen LogP contribution < -0.4 is 14.5 Å². The molecule has 0 radical (unpaired) electrons. The Labute approximate surface area is 367 Å². The highest BCUT2D eigenvalue weighted by Gasteiger charge is 2.25. The molecule has 3 heteroatoms. The molecular formula is C60H40N2O. The van der Waals surface area contributed by atoms with Crippen molar-refractivity contribution >= 4 is 66.4 Å². The first-order valence-electron chi connectivity index (χ1n) is 21.5. The van der Waals surface area contributed by atoms with Crippen molar-refractivity contribution in [1.29, 1.82) is 0 Å². The van der Waals surface area contributed by atoms with Crippen LogP contribution in [0.15, 0.2) is 243 Å². The number of hydrogen-bond acceptors (Lipinski definition) is 3. The molecule has 1 heterocycles. The highest BCUT2D eigenvalue weighted by atomic mass is 16.5. The van der Waals surface area contributed by atoms with E-state index in [0.717, 1.165) is 67.5 Å². The van der Waals surface area contributed by atoms with Gasteiger partial charge in [0.15, 0.2) is 0 Å². The molecular weight excluding hydrogens is 765 g/mol. The van der Waals surface area contributed by atoms with Crippen molar-refractivity contribution in [1.82, 2.24) is 0 Å². The van der Waals surface area contributed by atoms with Crippen molar-refractivity contribution in [3.63, 3.8) is 0 Å². The van der Waals surface area contributed by atoms with E-state index in [1.807, 2.05) is 0 Å². The van der Waals surface area contributed by atoms with Gasteiger partial charge in [-0.15, -0.1) is 0 Å². The first kappa shape index (κ1) is 36.5. The van der Waals surface area contributed by atoms with E-state index in [1.165, 1.54) is 43.8 Å². The van der Waals surface area contributed by atoms with Crippen LogP contribution in [0.25, 0.3) is 65.7 Å². The van der Waals surface area contributed by atoms with E-state index in [-0.39, 0.29) is 0 Å². The van der Waals surface area contributed by atoms with E-state index in [1.54, 1.807) is 0 Å². The highest BCUT2D eigenvalue weighted by molar-refractivity contribution is 6.07. The first-order valence-corrected chi connectivity index (χ1v) is 21.5. The summed E-state index contributed by atoms with van der Waals surface area (Å²) in [5.41, 5.74) is 13.4. The molecule has 63 heavy (non-hydrogen) atoms. The molecule has 0 bridgehead atoms. The molecule has 0 aliphatic carbocycles. The molecule has 0 fully saturated rings. The Balaban J connectivity index is 0.980. The minimum Gasteiger partial charge on any atom is -0.456 e. The largest absolute Gasteiger partial charge is 0.456 e. The monoisotopic (exact) mass is 804 g/mol. The highest BCUT2D eigenvalue weighted by Crippen LogP contribution is 2.51. The molecule has 1 aliphatic rings. The summed E-state index contributed by atoms with van der Waals surface area (Å²) in [5.74, 6) is 1.67. The summed E-state index contributed by atoms with van der Waals surface area (Å²) in [6.45, 7) is 0. The third-order valence-electron chi connectivity index (χ3n) is 12.4. The lowest BCUT2D eigenvalue weighted by Crippen LogP contribution is -2.11. The predicted octanol–water partition coefficient (Wildman–Crippen LogP) is 17.2. The lowest BCUT2D eigenvalue weighted by Gasteiger charge is -2.30. The lowest BCUT2D eigenvalue weighted by atomic mass is 9.93. The number of nitrogens with zero attached hydrogens (tertiary/aromatic N) is 2. The van der Waals surface area contributed by atoms with Crippen molar-refractivity contribution < 1.29 is 4.74 Å². The standard InChI is InChI=1S/C60H40N2O/c1-3-19-46(20-4-1)61(47-21-5-2-6-22-47)50-36-37-58-57(39-50)56-27-13-18-45-38-51(40-59(63-58)60(45)56)62(48-32-28-43(29-33-48)54-25-11-16-41-14-7-9-23-52(41)54)49-34-30-44(31-35-49)55-26-12-17-42-15-8-10-24-53(42)55/h1-40H. The van der Waals surface area contributed by atoms with Gasteiger partial charge in [-0.1, -0.05) is 164 Å². The van der Waals surface area contributed by atoms with Crippen molar-refractivity contribution in [3.8, 4) is 44.9 Å². The molecule has 0 saturated heterocycles. The average Bonchev–Trinajstić information content (AvgIpc) is 3.35. The zero-order valence-electron chi connectivity index (χ0n) is 34.4. The fourth-order valence-electron chi connectivity index (χ4n) is 9.46. The number of hydrogen-bond donors (Lipinski definition) is 0. The van der Waals surface area contributed by atoms with Crippen molar-refractivity contribution in [2.45, 2.75) is 0 Å². The summed E-state index contributed by atoms with van der Waals surface area (Å²) in [6.07, 6.45) is 0. The van der Waals surface area contributed by atoms with Crippen LogP contribution in [0.5, 0.6) is 11.5 Å². The van der Waals surface area contributed by atoms with Gasteiger partial charge in [-0.05, 0) is 128 Å². The zero-order chi connectivity index (χ0) is 41.7. The van der Waals surface area contributed by atoms with E-state index < -0.39 is 0 Å². The summed E-state index contributed by atoms with van der Waals surface area (Å²) in [5, 5.41) is 7.18. The summed E-state index contributed by atoms with van der Waals surface area (Å²) in [6, 6.07) is 87.0. The minimum atomic E-state index is 0.836. The molecule has 12 rings (SSSR count). The van der Waals surface area contributed by atoms with Crippen LogP contribution >= 0.6 is 0 Å².